The van der Waals surface area contributed by atoms with Crippen molar-refractivity contribution in [2.75, 3.05) is 26.3 Å². The molecule has 21 heavy (non-hydrogen) atoms. The number of aromatic nitrogens is 1. The van der Waals surface area contributed by atoms with Crippen molar-refractivity contribution >= 4 is 27.3 Å². The number of ether oxygens (including phenoxy) is 1. The van der Waals surface area contributed by atoms with Crippen molar-refractivity contribution < 1.29 is 17.9 Å². The number of carbonyl (C=O) groups excluding carboxylic acids is 1. The number of H-pyrrole nitrogens is 1. The van der Waals surface area contributed by atoms with Gasteiger partial charge in [-0.25, -0.2) is 8.42 Å². The molecule has 1 unspecified atom stereocenters. The standard InChI is InChI=1S/C11H17N3O5S2/c1-7(9(15)14-3-5-19-6-4-14)13-21(17,18)10-8(2)12-11(16)20-10/h7,13H,3-6H2,1-2H3,(H,12,16). The van der Waals surface area contributed by atoms with Crippen LogP contribution in [0.5, 0.6) is 0 Å². The monoisotopic (exact) mass is 335 g/mol. The van der Waals surface area contributed by atoms with E-state index in [9.17, 15) is 18.0 Å². The molecule has 10 heteroatoms. The maximum Gasteiger partial charge on any atom is 0.305 e. The fourth-order valence-electron chi connectivity index (χ4n) is 2.04. The molecule has 0 saturated carbocycles. The van der Waals surface area contributed by atoms with E-state index in [0.717, 1.165) is 0 Å². The van der Waals surface area contributed by atoms with Crippen molar-refractivity contribution in [3.63, 3.8) is 0 Å². The Kier molecular flexibility index (Phi) is 4.81. The number of amides is 1. The second kappa shape index (κ2) is 6.26. The number of nitrogens with zero attached hydrogens (tertiary/aromatic N) is 1. The zero-order chi connectivity index (χ0) is 15.6. The van der Waals surface area contributed by atoms with Crippen molar-refractivity contribution in [1.29, 1.82) is 0 Å². The Hall–Kier alpha value is -1.23. The van der Waals surface area contributed by atoms with Crippen molar-refractivity contribution in [2.45, 2.75) is 24.1 Å². The van der Waals surface area contributed by atoms with Crippen LogP contribution in [0.3, 0.4) is 0 Å². The van der Waals surface area contributed by atoms with Crippen molar-refractivity contribution in [3.05, 3.63) is 15.4 Å². The fourth-order valence-corrected chi connectivity index (χ4v) is 4.56. The molecule has 2 heterocycles. The molecule has 8 nitrogen and oxygen atoms in total. The van der Waals surface area contributed by atoms with Crippen LogP contribution in [0.15, 0.2) is 9.00 Å². The van der Waals surface area contributed by atoms with Gasteiger partial charge in [0.1, 0.15) is 0 Å². The number of sulfonamides is 1. The van der Waals surface area contributed by atoms with Gasteiger partial charge in [0.05, 0.1) is 19.3 Å². The SMILES string of the molecule is Cc1[nH]c(=O)sc1S(=O)(=O)NC(C)C(=O)N1CCOCC1. The van der Waals surface area contributed by atoms with E-state index >= 15 is 0 Å². The van der Waals surface area contributed by atoms with Crippen LogP contribution in [0.1, 0.15) is 12.6 Å². The Morgan fingerprint density at radius 2 is 2.05 bits per heavy atom. The van der Waals surface area contributed by atoms with Crippen molar-refractivity contribution in [3.8, 4) is 0 Å². The molecule has 0 aromatic carbocycles. The lowest BCUT2D eigenvalue weighted by Gasteiger charge is -2.29. The highest BCUT2D eigenvalue weighted by Gasteiger charge is 2.28. The van der Waals surface area contributed by atoms with Crippen LogP contribution >= 0.6 is 11.3 Å². The zero-order valence-corrected chi connectivity index (χ0v) is 13.3. The Morgan fingerprint density at radius 1 is 1.43 bits per heavy atom. The predicted molar refractivity (Wildman–Crippen MR) is 76.9 cm³/mol. The van der Waals surface area contributed by atoms with Crippen molar-refractivity contribution in [2.24, 2.45) is 0 Å². The van der Waals surface area contributed by atoms with Crippen molar-refractivity contribution in [1.82, 2.24) is 14.6 Å². The highest BCUT2D eigenvalue weighted by Crippen LogP contribution is 2.16. The van der Waals surface area contributed by atoms with E-state index in [1.54, 1.807) is 4.90 Å². The molecule has 2 N–H and O–H groups in total. The average molecular weight is 335 g/mol. The van der Waals surface area contributed by atoms with E-state index in [1.807, 2.05) is 0 Å². The molecule has 1 amide bonds. The quantitative estimate of drug-likeness (QED) is 0.754. The number of rotatable bonds is 4. The molecule has 1 atom stereocenters. The van der Waals surface area contributed by atoms with Gasteiger partial charge < -0.3 is 14.6 Å². The number of aromatic amines is 1. The first-order valence-corrected chi connectivity index (χ1v) is 8.70. The second-order valence-corrected chi connectivity index (χ2v) is 7.60. The van der Waals surface area contributed by atoms with Crippen LogP contribution in [0, 0.1) is 6.92 Å². The largest absolute Gasteiger partial charge is 0.378 e. The van der Waals surface area contributed by atoms with E-state index in [1.165, 1.54) is 13.8 Å². The summed E-state index contributed by atoms with van der Waals surface area (Å²) in [4.78, 5) is 26.9. The molecule has 118 valence electrons. The first-order chi connectivity index (χ1) is 9.81. The van der Waals surface area contributed by atoms with Gasteiger partial charge in [0, 0.05) is 18.8 Å². The Bertz CT molecular complexity index is 672. The summed E-state index contributed by atoms with van der Waals surface area (Å²) >= 11 is 0.604. The van der Waals surface area contributed by atoms with Gasteiger partial charge in [-0.2, -0.15) is 4.72 Å². The van der Waals surface area contributed by atoms with Gasteiger partial charge in [0.15, 0.2) is 4.21 Å². The molecule has 1 aromatic rings. The molecule has 2 rings (SSSR count). The Morgan fingerprint density at radius 3 is 2.57 bits per heavy atom. The summed E-state index contributed by atoms with van der Waals surface area (Å²) in [5.74, 6) is -0.303. The number of aryl methyl sites for hydroxylation is 1. The van der Waals surface area contributed by atoms with Gasteiger partial charge in [0.2, 0.25) is 5.91 Å². The molecule has 1 aliphatic heterocycles. The Labute approximate surface area is 126 Å². The van der Waals surface area contributed by atoms with Gasteiger partial charge in [-0.05, 0) is 13.8 Å². The summed E-state index contributed by atoms with van der Waals surface area (Å²) < 4.78 is 31.8. The molecule has 1 aromatic heterocycles. The highest BCUT2D eigenvalue weighted by atomic mass is 32.2. The minimum atomic E-state index is -3.89. The first-order valence-electron chi connectivity index (χ1n) is 6.40. The van der Waals surface area contributed by atoms with E-state index in [4.69, 9.17) is 4.74 Å². The average Bonchev–Trinajstić information content (AvgIpc) is 2.78. The van der Waals surface area contributed by atoms with Gasteiger partial charge >= 0.3 is 4.87 Å². The molecule has 0 spiro atoms. The molecule has 0 radical (unpaired) electrons. The maximum atomic E-state index is 12.2. The summed E-state index contributed by atoms with van der Waals surface area (Å²) in [6.45, 7) is 4.78. The molecular weight excluding hydrogens is 318 g/mol. The summed E-state index contributed by atoms with van der Waals surface area (Å²) in [6, 6.07) is -0.898. The van der Waals surface area contributed by atoms with Gasteiger partial charge in [-0.3, -0.25) is 9.59 Å². The van der Waals surface area contributed by atoms with E-state index in [2.05, 4.69) is 9.71 Å². The summed E-state index contributed by atoms with van der Waals surface area (Å²) in [7, 11) is -3.89. The van der Waals surface area contributed by atoms with Gasteiger partial charge in [-0.15, -0.1) is 0 Å². The lowest BCUT2D eigenvalue weighted by Crippen LogP contribution is -2.50. The lowest BCUT2D eigenvalue weighted by molar-refractivity contribution is -0.136. The molecule has 1 saturated heterocycles. The minimum Gasteiger partial charge on any atom is -0.378 e. The third-order valence-corrected chi connectivity index (χ3v) is 6.20. The molecule has 1 fully saturated rings. The van der Waals surface area contributed by atoms with Crippen LogP contribution in [-0.4, -0.2) is 56.6 Å². The highest BCUT2D eigenvalue weighted by molar-refractivity contribution is 7.91. The van der Waals surface area contributed by atoms with E-state index in [-0.39, 0.29) is 15.8 Å². The molecule has 0 aliphatic carbocycles. The Balaban J connectivity index is 2.10. The second-order valence-electron chi connectivity index (χ2n) is 4.71. The van der Waals surface area contributed by atoms with E-state index in [0.29, 0.717) is 37.6 Å². The van der Waals surface area contributed by atoms with Crippen LogP contribution < -0.4 is 9.60 Å². The number of hydrogen-bond donors (Lipinski definition) is 2. The smallest absolute Gasteiger partial charge is 0.305 e. The summed E-state index contributed by atoms with van der Waals surface area (Å²) in [6.07, 6.45) is 0. The predicted octanol–water partition coefficient (Wildman–Crippen LogP) is -0.730. The summed E-state index contributed by atoms with van der Waals surface area (Å²) in [5.41, 5.74) is 0.267. The minimum absolute atomic E-state index is 0.0888. The fraction of sp³-hybridized carbons (Fsp3) is 0.636. The van der Waals surface area contributed by atoms with E-state index < -0.39 is 20.9 Å². The lowest BCUT2D eigenvalue weighted by atomic mass is 10.3. The third kappa shape index (κ3) is 3.70. The van der Waals surface area contributed by atoms with Crippen LogP contribution in [0.4, 0.5) is 0 Å². The van der Waals surface area contributed by atoms with Crippen LogP contribution in [-0.2, 0) is 19.6 Å². The van der Waals surface area contributed by atoms with Gasteiger partial charge in [-0.1, -0.05) is 11.3 Å². The molecular formula is C11H17N3O5S2. The third-order valence-electron chi connectivity index (χ3n) is 3.05. The number of nitrogens with one attached hydrogen (secondary N) is 2. The number of thiazole rings is 1. The van der Waals surface area contributed by atoms with Crippen LogP contribution in [0.25, 0.3) is 0 Å². The normalized spacial score (nSPS) is 17.7. The zero-order valence-electron chi connectivity index (χ0n) is 11.7. The first kappa shape index (κ1) is 16.1. The van der Waals surface area contributed by atoms with Crippen LogP contribution in [0.2, 0.25) is 0 Å². The number of carbonyl (C=O) groups is 1. The number of hydrogen-bond acceptors (Lipinski definition) is 6. The van der Waals surface area contributed by atoms with Gasteiger partial charge in [0.25, 0.3) is 10.0 Å². The molecule has 0 bridgehead atoms. The molecule has 1 aliphatic rings. The maximum absolute atomic E-state index is 12.2. The number of morpholine rings is 1. The summed E-state index contributed by atoms with van der Waals surface area (Å²) in [5, 5.41) is 0. The topological polar surface area (TPSA) is 109 Å².